The third-order valence-corrected chi connectivity index (χ3v) is 4.75. The van der Waals surface area contributed by atoms with Crippen molar-refractivity contribution in [3.05, 3.63) is 105 Å². The third kappa shape index (κ3) is 2.47. The molecule has 0 aromatic heterocycles. The second-order valence-corrected chi connectivity index (χ2v) is 6.49. The molecule has 3 aromatic carbocycles. The molecule has 0 saturated carbocycles. The summed E-state index contributed by atoms with van der Waals surface area (Å²) in [5.74, 6) is 0.0561. The lowest BCUT2D eigenvalue weighted by molar-refractivity contribution is 0.103. The first kappa shape index (κ1) is 15.2. The summed E-state index contributed by atoms with van der Waals surface area (Å²) in [7, 11) is 0. The van der Waals surface area contributed by atoms with E-state index in [1.54, 1.807) is 6.07 Å². The number of benzene rings is 3. The lowest BCUT2D eigenvalue weighted by atomic mass is 9.81. The molecule has 0 atom stereocenters. The second-order valence-electron chi connectivity index (χ2n) is 5.64. The van der Waals surface area contributed by atoms with Crippen LogP contribution < -0.4 is 0 Å². The zero-order valence-electron chi connectivity index (χ0n) is 12.6. The Balaban J connectivity index is 2.00. The Hall–Kier alpha value is -2.35. The number of rotatable bonds is 1. The van der Waals surface area contributed by atoms with Crippen molar-refractivity contribution in [2.75, 3.05) is 0 Å². The molecular weight excluding hydrogens is 339 g/mol. The van der Waals surface area contributed by atoms with E-state index in [0.29, 0.717) is 21.2 Å². The summed E-state index contributed by atoms with van der Waals surface area (Å²) in [6.45, 7) is 0. The molecule has 0 bridgehead atoms. The Labute approximate surface area is 150 Å². The van der Waals surface area contributed by atoms with Gasteiger partial charge in [-0.25, -0.2) is 0 Å². The Bertz CT molecular complexity index is 951. The maximum atomic E-state index is 12.7. The number of halogens is 2. The molecule has 116 valence electrons. The average Bonchev–Trinajstić information content (AvgIpc) is 2.60. The van der Waals surface area contributed by atoms with Gasteiger partial charge in [-0.05, 0) is 40.5 Å². The van der Waals surface area contributed by atoms with Crippen molar-refractivity contribution in [2.45, 2.75) is 0 Å². The van der Waals surface area contributed by atoms with Gasteiger partial charge in [-0.15, -0.1) is 0 Å². The van der Waals surface area contributed by atoms with Gasteiger partial charge in [-0.2, -0.15) is 0 Å². The molecule has 1 aliphatic carbocycles. The van der Waals surface area contributed by atoms with E-state index in [-0.39, 0.29) is 5.78 Å². The molecule has 0 saturated heterocycles. The van der Waals surface area contributed by atoms with Gasteiger partial charge in [0.05, 0.1) is 0 Å². The van der Waals surface area contributed by atoms with Gasteiger partial charge in [-0.1, -0.05) is 77.8 Å². The zero-order chi connectivity index (χ0) is 16.7. The van der Waals surface area contributed by atoms with Gasteiger partial charge in [0, 0.05) is 21.2 Å². The highest BCUT2D eigenvalue weighted by Crippen LogP contribution is 2.37. The minimum absolute atomic E-state index is 0.0561. The van der Waals surface area contributed by atoms with Crippen LogP contribution in [0, 0.1) is 0 Å². The van der Waals surface area contributed by atoms with E-state index in [4.69, 9.17) is 23.2 Å². The van der Waals surface area contributed by atoms with E-state index >= 15 is 0 Å². The summed E-state index contributed by atoms with van der Waals surface area (Å²) in [4.78, 5) is 12.7. The minimum atomic E-state index is 0.0561. The van der Waals surface area contributed by atoms with Gasteiger partial charge < -0.3 is 0 Å². The summed E-state index contributed by atoms with van der Waals surface area (Å²) in [6.07, 6.45) is 2.02. The fraction of sp³-hybridized carbons (Fsp3) is 0. The van der Waals surface area contributed by atoms with E-state index < -0.39 is 0 Å². The van der Waals surface area contributed by atoms with Crippen LogP contribution >= 0.6 is 23.2 Å². The van der Waals surface area contributed by atoms with E-state index in [1.165, 1.54) is 0 Å². The molecular formula is C21H12Cl2O. The highest BCUT2D eigenvalue weighted by Gasteiger charge is 2.26. The summed E-state index contributed by atoms with van der Waals surface area (Å²) in [6, 6.07) is 20.8. The Kier molecular flexibility index (Phi) is 3.76. The smallest absolute Gasteiger partial charge is 0.194 e. The molecule has 1 aliphatic rings. The maximum Gasteiger partial charge on any atom is 0.194 e. The predicted molar refractivity (Wildman–Crippen MR) is 99.8 cm³/mol. The van der Waals surface area contributed by atoms with Crippen molar-refractivity contribution in [3.63, 3.8) is 0 Å². The van der Waals surface area contributed by atoms with Crippen molar-refractivity contribution in [2.24, 2.45) is 0 Å². The van der Waals surface area contributed by atoms with Gasteiger partial charge >= 0.3 is 0 Å². The van der Waals surface area contributed by atoms with Gasteiger partial charge in [0.25, 0.3) is 0 Å². The molecule has 0 heterocycles. The highest BCUT2D eigenvalue weighted by atomic mass is 35.5. The van der Waals surface area contributed by atoms with Crippen molar-refractivity contribution < 1.29 is 4.79 Å². The molecule has 0 N–H and O–H groups in total. The summed E-state index contributed by atoms with van der Waals surface area (Å²) < 4.78 is 0. The fourth-order valence-corrected chi connectivity index (χ4v) is 3.51. The molecule has 0 amide bonds. The first-order valence-electron chi connectivity index (χ1n) is 7.55. The fourth-order valence-electron chi connectivity index (χ4n) is 3.05. The van der Waals surface area contributed by atoms with Crippen molar-refractivity contribution >= 4 is 40.6 Å². The Morgan fingerprint density at radius 1 is 0.708 bits per heavy atom. The topological polar surface area (TPSA) is 17.1 Å². The molecule has 0 spiro atoms. The van der Waals surface area contributed by atoms with Crippen LogP contribution in [-0.2, 0) is 0 Å². The lowest BCUT2D eigenvalue weighted by Gasteiger charge is -2.21. The first-order valence-corrected chi connectivity index (χ1v) is 8.31. The van der Waals surface area contributed by atoms with E-state index in [1.807, 2.05) is 66.7 Å². The van der Waals surface area contributed by atoms with Crippen LogP contribution in [0.15, 0.2) is 66.7 Å². The largest absolute Gasteiger partial charge is 0.289 e. The van der Waals surface area contributed by atoms with Crippen LogP contribution in [0.1, 0.15) is 32.6 Å². The van der Waals surface area contributed by atoms with Crippen LogP contribution in [0.3, 0.4) is 0 Å². The number of ketones is 1. The minimum Gasteiger partial charge on any atom is -0.289 e. The SMILES string of the molecule is O=C1c2ccccc2C(=Cc2ccc(Cl)cc2Cl)c2ccccc21. The molecule has 3 aromatic rings. The van der Waals surface area contributed by atoms with E-state index in [9.17, 15) is 4.79 Å². The quantitative estimate of drug-likeness (QED) is 0.403. The zero-order valence-corrected chi connectivity index (χ0v) is 14.1. The van der Waals surface area contributed by atoms with Crippen LogP contribution in [0.5, 0.6) is 0 Å². The van der Waals surface area contributed by atoms with Crippen LogP contribution in [0.25, 0.3) is 11.6 Å². The average molecular weight is 351 g/mol. The first-order chi connectivity index (χ1) is 11.6. The molecule has 3 heteroatoms. The molecule has 0 aliphatic heterocycles. The van der Waals surface area contributed by atoms with Crippen molar-refractivity contribution in [3.8, 4) is 0 Å². The number of fused-ring (bicyclic) bond motifs is 2. The number of hydrogen-bond donors (Lipinski definition) is 0. The van der Waals surface area contributed by atoms with E-state index in [2.05, 4.69) is 0 Å². The predicted octanol–water partition coefficient (Wildman–Crippen LogP) is 6.13. The normalized spacial score (nSPS) is 12.6. The van der Waals surface area contributed by atoms with Crippen molar-refractivity contribution in [1.29, 1.82) is 0 Å². The van der Waals surface area contributed by atoms with Gasteiger partial charge in [0.15, 0.2) is 5.78 Å². The maximum absolute atomic E-state index is 12.7. The lowest BCUT2D eigenvalue weighted by Crippen LogP contribution is -2.14. The number of carbonyl (C=O) groups is 1. The molecule has 0 radical (unpaired) electrons. The van der Waals surface area contributed by atoms with Gasteiger partial charge in [0.1, 0.15) is 0 Å². The second kappa shape index (κ2) is 5.94. The molecule has 1 nitrogen and oxygen atoms in total. The third-order valence-electron chi connectivity index (χ3n) is 4.19. The molecule has 24 heavy (non-hydrogen) atoms. The standard InChI is InChI=1S/C21H12Cl2O/c22-14-10-9-13(20(23)12-14)11-19-15-5-1-3-7-17(15)21(24)18-8-4-2-6-16(18)19/h1-12H. The Morgan fingerprint density at radius 3 is 1.79 bits per heavy atom. The summed E-state index contributed by atoms with van der Waals surface area (Å²) in [5, 5.41) is 1.18. The molecule has 0 unspecified atom stereocenters. The van der Waals surface area contributed by atoms with Crippen molar-refractivity contribution in [1.82, 2.24) is 0 Å². The summed E-state index contributed by atoms with van der Waals surface area (Å²) >= 11 is 12.3. The Morgan fingerprint density at radius 2 is 1.25 bits per heavy atom. The van der Waals surface area contributed by atoms with Crippen LogP contribution in [0.4, 0.5) is 0 Å². The van der Waals surface area contributed by atoms with Gasteiger partial charge in [-0.3, -0.25) is 4.79 Å². The van der Waals surface area contributed by atoms with E-state index in [0.717, 1.165) is 22.3 Å². The molecule has 4 rings (SSSR count). The monoisotopic (exact) mass is 350 g/mol. The molecule has 0 fully saturated rings. The highest BCUT2D eigenvalue weighted by molar-refractivity contribution is 6.35. The van der Waals surface area contributed by atoms with Crippen LogP contribution in [0.2, 0.25) is 10.0 Å². The number of carbonyl (C=O) groups excluding carboxylic acids is 1. The van der Waals surface area contributed by atoms with Crippen LogP contribution in [-0.4, -0.2) is 5.78 Å². The summed E-state index contributed by atoms with van der Waals surface area (Å²) in [5.41, 5.74) is 5.14. The van der Waals surface area contributed by atoms with Gasteiger partial charge in [0.2, 0.25) is 0 Å². The number of hydrogen-bond acceptors (Lipinski definition) is 1.